The Kier molecular flexibility index (Phi) is 2.67. The highest BCUT2D eigenvalue weighted by molar-refractivity contribution is 6.32. The number of rotatable bonds is 2. The van der Waals surface area contributed by atoms with Gasteiger partial charge < -0.3 is 10.3 Å². The summed E-state index contributed by atoms with van der Waals surface area (Å²) in [5.41, 5.74) is 7.37. The summed E-state index contributed by atoms with van der Waals surface area (Å²) in [4.78, 5) is 0. The molecule has 2 rings (SSSR count). The molecule has 1 aromatic heterocycles. The van der Waals surface area contributed by atoms with Crippen LogP contribution in [0.4, 0.5) is 4.39 Å². The fraction of sp³-hybridized carbons (Fsp3) is 0.273. The van der Waals surface area contributed by atoms with Crippen LogP contribution >= 0.6 is 11.6 Å². The van der Waals surface area contributed by atoms with E-state index < -0.39 is 0 Å². The van der Waals surface area contributed by atoms with Crippen molar-refractivity contribution in [2.75, 3.05) is 6.54 Å². The zero-order valence-electron chi connectivity index (χ0n) is 8.43. The molecule has 0 radical (unpaired) electrons. The van der Waals surface area contributed by atoms with Crippen LogP contribution < -0.4 is 5.73 Å². The van der Waals surface area contributed by atoms with Crippen molar-refractivity contribution in [3.63, 3.8) is 0 Å². The molecule has 2 nitrogen and oxygen atoms in total. The summed E-state index contributed by atoms with van der Waals surface area (Å²) in [6, 6.07) is 4.67. The first kappa shape index (κ1) is 10.5. The first-order chi connectivity index (χ1) is 7.15. The van der Waals surface area contributed by atoms with Crippen LogP contribution in [0.5, 0.6) is 0 Å². The zero-order valence-corrected chi connectivity index (χ0v) is 9.18. The highest BCUT2D eigenvalue weighted by Crippen LogP contribution is 2.29. The number of aryl methyl sites for hydroxylation is 1. The van der Waals surface area contributed by atoms with Gasteiger partial charge in [-0.2, -0.15) is 0 Å². The van der Waals surface area contributed by atoms with E-state index in [-0.39, 0.29) is 5.82 Å². The number of halogens is 2. The van der Waals surface area contributed by atoms with Crippen molar-refractivity contribution in [2.24, 2.45) is 12.8 Å². The minimum atomic E-state index is -0.247. The summed E-state index contributed by atoms with van der Waals surface area (Å²) >= 11 is 6.15. The summed E-state index contributed by atoms with van der Waals surface area (Å²) < 4.78 is 15.0. The summed E-state index contributed by atoms with van der Waals surface area (Å²) in [6.07, 6.45) is 0.666. The van der Waals surface area contributed by atoms with Crippen LogP contribution in [0.1, 0.15) is 5.56 Å². The Balaban J connectivity index is 2.76. The molecule has 0 amide bonds. The van der Waals surface area contributed by atoms with Crippen LogP contribution in [-0.2, 0) is 13.5 Å². The molecule has 0 atom stereocenters. The first-order valence-corrected chi connectivity index (χ1v) is 5.15. The van der Waals surface area contributed by atoms with Crippen LogP contribution in [0.3, 0.4) is 0 Å². The first-order valence-electron chi connectivity index (χ1n) is 4.77. The van der Waals surface area contributed by atoms with Crippen LogP contribution in [0, 0.1) is 5.82 Å². The summed E-state index contributed by atoms with van der Waals surface area (Å²) in [5, 5.41) is 1.49. The smallest absolute Gasteiger partial charge is 0.123 e. The third-order valence-corrected chi connectivity index (χ3v) is 3.06. The number of hydrogen-bond donors (Lipinski definition) is 1. The van der Waals surface area contributed by atoms with Gasteiger partial charge in [0.25, 0.3) is 0 Å². The summed E-state index contributed by atoms with van der Waals surface area (Å²) in [5.74, 6) is -0.247. The van der Waals surface area contributed by atoms with E-state index in [9.17, 15) is 4.39 Å². The molecule has 0 saturated carbocycles. The molecule has 0 aliphatic rings. The van der Waals surface area contributed by atoms with Crippen molar-refractivity contribution in [3.8, 4) is 0 Å². The van der Waals surface area contributed by atoms with Crippen LogP contribution in [0.25, 0.3) is 10.9 Å². The van der Waals surface area contributed by atoms with Gasteiger partial charge in [0.1, 0.15) is 11.0 Å². The van der Waals surface area contributed by atoms with Gasteiger partial charge in [-0.3, -0.25) is 0 Å². The van der Waals surface area contributed by atoms with Crippen molar-refractivity contribution in [1.82, 2.24) is 4.57 Å². The van der Waals surface area contributed by atoms with Crippen molar-refractivity contribution in [1.29, 1.82) is 0 Å². The maximum atomic E-state index is 13.1. The minimum absolute atomic E-state index is 0.247. The number of aromatic nitrogens is 1. The van der Waals surface area contributed by atoms with Gasteiger partial charge in [-0.25, -0.2) is 4.39 Å². The largest absolute Gasteiger partial charge is 0.335 e. The Morgan fingerprint density at radius 2 is 2.20 bits per heavy atom. The lowest BCUT2D eigenvalue weighted by atomic mass is 10.1. The highest BCUT2D eigenvalue weighted by atomic mass is 35.5. The lowest BCUT2D eigenvalue weighted by molar-refractivity contribution is 0.629. The standard InChI is InChI=1S/C11H12ClFN2/c1-15-10-3-2-7(13)6-9(10)8(4-5-14)11(15)12/h2-3,6H,4-5,14H2,1H3. The van der Waals surface area contributed by atoms with Crippen LogP contribution in [0.15, 0.2) is 18.2 Å². The predicted octanol–water partition coefficient (Wildman–Crippen LogP) is 2.47. The normalized spacial score (nSPS) is 11.2. The molecule has 2 N–H and O–H groups in total. The van der Waals surface area contributed by atoms with Gasteiger partial charge in [0.05, 0.1) is 0 Å². The second-order valence-electron chi connectivity index (χ2n) is 3.53. The fourth-order valence-corrected chi connectivity index (χ4v) is 2.13. The van der Waals surface area contributed by atoms with E-state index in [1.54, 1.807) is 6.07 Å². The minimum Gasteiger partial charge on any atom is -0.335 e. The van der Waals surface area contributed by atoms with E-state index in [1.807, 2.05) is 11.6 Å². The third kappa shape index (κ3) is 1.62. The maximum absolute atomic E-state index is 13.1. The number of nitrogens with zero attached hydrogens (tertiary/aromatic N) is 1. The molecule has 4 heteroatoms. The average Bonchev–Trinajstić information content (AvgIpc) is 2.44. The van der Waals surface area contributed by atoms with E-state index in [0.29, 0.717) is 18.1 Å². The molecular weight excluding hydrogens is 215 g/mol. The number of nitrogens with two attached hydrogens (primary N) is 1. The molecule has 0 saturated heterocycles. The monoisotopic (exact) mass is 226 g/mol. The molecule has 0 spiro atoms. The molecule has 0 aliphatic heterocycles. The Morgan fingerprint density at radius 1 is 1.47 bits per heavy atom. The number of hydrogen-bond acceptors (Lipinski definition) is 1. The summed E-state index contributed by atoms with van der Waals surface area (Å²) in [7, 11) is 1.86. The number of fused-ring (bicyclic) bond motifs is 1. The van der Waals surface area contributed by atoms with Crippen LogP contribution in [-0.4, -0.2) is 11.1 Å². The van der Waals surface area contributed by atoms with E-state index >= 15 is 0 Å². The molecule has 1 aromatic carbocycles. The average molecular weight is 227 g/mol. The Bertz CT molecular complexity index is 505. The zero-order chi connectivity index (χ0) is 11.0. The fourth-order valence-electron chi connectivity index (χ4n) is 1.84. The molecule has 0 aliphatic carbocycles. The maximum Gasteiger partial charge on any atom is 0.123 e. The Labute approximate surface area is 92.4 Å². The van der Waals surface area contributed by atoms with Crippen molar-refractivity contribution < 1.29 is 4.39 Å². The molecular formula is C11H12ClFN2. The third-order valence-electron chi connectivity index (χ3n) is 2.58. The number of benzene rings is 1. The van der Waals surface area contributed by atoms with Gasteiger partial charge in [0.15, 0.2) is 0 Å². The molecule has 80 valence electrons. The Morgan fingerprint density at radius 3 is 2.87 bits per heavy atom. The Hall–Kier alpha value is -1.06. The van der Waals surface area contributed by atoms with Gasteiger partial charge in [-0.1, -0.05) is 11.6 Å². The van der Waals surface area contributed by atoms with E-state index in [1.165, 1.54) is 12.1 Å². The molecule has 0 fully saturated rings. The lowest BCUT2D eigenvalue weighted by Gasteiger charge is -1.97. The lowest BCUT2D eigenvalue weighted by Crippen LogP contribution is -2.02. The highest BCUT2D eigenvalue weighted by Gasteiger charge is 2.12. The quantitative estimate of drug-likeness (QED) is 0.838. The molecule has 0 unspecified atom stereocenters. The SMILES string of the molecule is Cn1c(Cl)c(CCN)c2cc(F)ccc21. The van der Waals surface area contributed by atoms with E-state index in [2.05, 4.69) is 0 Å². The second kappa shape index (κ2) is 3.83. The van der Waals surface area contributed by atoms with Gasteiger partial charge in [-0.05, 0) is 36.7 Å². The van der Waals surface area contributed by atoms with E-state index in [4.69, 9.17) is 17.3 Å². The topological polar surface area (TPSA) is 30.9 Å². The second-order valence-corrected chi connectivity index (χ2v) is 3.89. The van der Waals surface area contributed by atoms with Gasteiger partial charge in [0.2, 0.25) is 0 Å². The molecule has 0 bridgehead atoms. The van der Waals surface area contributed by atoms with Crippen molar-refractivity contribution >= 4 is 22.5 Å². The predicted molar refractivity (Wildman–Crippen MR) is 60.6 cm³/mol. The van der Waals surface area contributed by atoms with Gasteiger partial charge in [-0.15, -0.1) is 0 Å². The molecule has 15 heavy (non-hydrogen) atoms. The molecule has 1 heterocycles. The van der Waals surface area contributed by atoms with Crippen LogP contribution in [0.2, 0.25) is 5.15 Å². The molecule has 2 aromatic rings. The van der Waals surface area contributed by atoms with Crippen molar-refractivity contribution in [2.45, 2.75) is 6.42 Å². The van der Waals surface area contributed by atoms with Crippen molar-refractivity contribution in [3.05, 3.63) is 34.7 Å². The van der Waals surface area contributed by atoms with Gasteiger partial charge in [0, 0.05) is 18.0 Å². The van der Waals surface area contributed by atoms with E-state index in [0.717, 1.165) is 16.5 Å². The summed E-state index contributed by atoms with van der Waals surface area (Å²) in [6.45, 7) is 0.509. The van der Waals surface area contributed by atoms with Gasteiger partial charge >= 0.3 is 0 Å².